The molecule has 14 heavy (non-hydrogen) atoms. The Morgan fingerprint density at radius 3 is 3.14 bits per heavy atom. The Balaban J connectivity index is 2.53. The topological polar surface area (TPSA) is 38.3 Å². The van der Waals surface area contributed by atoms with Gasteiger partial charge in [0, 0.05) is 0 Å². The Hall–Kier alpha value is -1.51. The third kappa shape index (κ3) is 1.45. The van der Waals surface area contributed by atoms with E-state index in [-0.39, 0.29) is 5.91 Å². The third-order valence-corrected chi connectivity index (χ3v) is 2.37. The fourth-order valence-corrected chi connectivity index (χ4v) is 1.66. The maximum absolute atomic E-state index is 11.7. The second kappa shape index (κ2) is 3.70. The van der Waals surface area contributed by atoms with Gasteiger partial charge in [-0.2, -0.15) is 0 Å². The zero-order valence-corrected chi connectivity index (χ0v) is 8.17. The average molecular weight is 191 g/mol. The Morgan fingerprint density at radius 2 is 2.36 bits per heavy atom. The minimum Gasteiger partial charge on any atom is -0.491 e. The number of aryl methyl sites for hydroxylation is 1. The minimum atomic E-state index is -0.0186. The van der Waals surface area contributed by atoms with Gasteiger partial charge in [-0.3, -0.25) is 4.79 Å². The summed E-state index contributed by atoms with van der Waals surface area (Å²) in [6, 6.07) is 5.74. The van der Waals surface area contributed by atoms with Crippen molar-refractivity contribution in [2.75, 3.05) is 13.2 Å². The summed E-state index contributed by atoms with van der Waals surface area (Å²) >= 11 is 0. The van der Waals surface area contributed by atoms with E-state index in [9.17, 15) is 4.79 Å². The summed E-state index contributed by atoms with van der Waals surface area (Å²) in [6.07, 6.45) is 0.847. The fraction of sp³-hybridized carbons (Fsp3) is 0.364. The van der Waals surface area contributed by atoms with Crippen LogP contribution in [0.4, 0.5) is 0 Å². The van der Waals surface area contributed by atoms with E-state index >= 15 is 0 Å². The minimum absolute atomic E-state index is 0.0186. The first kappa shape index (κ1) is 9.06. The molecule has 1 N–H and O–H groups in total. The van der Waals surface area contributed by atoms with E-state index < -0.39 is 0 Å². The van der Waals surface area contributed by atoms with E-state index in [0.29, 0.717) is 24.5 Å². The van der Waals surface area contributed by atoms with Crippen molar-refractivity contribution in [1.82, 2.24) is 5.32 Å². The normalized spacial score (nSPS) is 15.1. The number of fused-ring (bicyclic) bond motifs is 1. The Morgan fingerprint density at radius 1 is 1.50 bits per heavy atom. The molecule has 0 spiro atoms. The predicted molar refractivity (Wildman–Crippen MR) is 53.6 cm³/mol. The van der Waals surface area contributed by atoms with Crippen LogP contribution in [0, 0.1) is 0 Å². The van der Waals surface area contributed by atoms with Gasteiger partial charge in [-0.1, -0.05) is 19.1 Å². The molecule has 0 bridgehead atoms. The highest BCUT2D eigenvalue weighted by molar-refractivity contribution is 5.98. The first-order chi connectivity index (χ1) is 6.83. The van der Waals surface area contributed by atoms with Crippen LogP contribution in [0.25, 0.3) is 0 Å². The summed E-state index contributed by atoms with van der Waals surface area (Å²) in [4.78, 5) is 11.7. The summed E-state index contributed by atoms with van der Waals surface area (Å²) in [7, 11) is 0. The largest absolute Gasteiger partial charge is 0.491 e. The van der Waals surface area contributed by atoms with E-state index in [1.54, 1.807) is 0 Å². The first-order valence-electron chi connectivity index (χ1n) is 4.86. The molecule has 3 nitrogen and oxygen atoms in total. The van der Waals surface area contributed by atoms with E-state index in [2.05, 4.69) is 5.32 Å². The number of ether oxygens (including phenoxy) is 1. The van der Waals surface area contributed by atoms with Crippen molar-refractivity contribution >= 4 is 5.91 Å². The van der Waals surface area contributed by atoms with Crippen LogP contribution in [0.3, 0.4) is 0 Å². The molecule has 1 aromatic carbocycles. The molecule has 3 heteroatoms. The smallest absolute Gasteiger partial charge is 0.255 e. The predicted octanol–water partition coefficient (Wildman–Crippen LogP) is 1.37. The van der Waals surface area contributed by atoms with Gasteiger partial charge in [-0.25, -0.2) is 0 Å². The molecule has 1 aliphatic rings. The molecule has 1 aliphatic heterocycles. The van der Waals surface area contributed by atoms with Gasteiger partial charge < -0.3 is 10.1 Å². The molecule has 0 atom stereocenters. The quantitative estimate of drug-likeness (QED) is 0.728. The van der Waals surface area contributed by atoms with Crippen LogP contribution in [0.2, 0.25) is 0 Å². The zero-order chi connectivity index (χ0) is 9.97. The van der Waals surface area contributed by atoms with Gasteiger partial charge in [0.25, 0.3) is 5.91 Å². The first-order valence-corrected chi connectivity index (χ1v) is 4.86. The van der Waals surface area contributed by atoms with Crippen molar-refractivity contribution in [3.8, 4) is 5.75 Å². The van der Waals surface area contributed by atoms with Crippen molar-refractivity contribution in [2.24, 2.45) is 0 Å². The second-order valence-electron chi connectivity index (χ2n) is 3.25. The van der Waals surface area contributed by atoms with Crippen LogP contribution < -0.4 is 10.1 Å². The molecular weight excluding hydrogens is 178 g/mol. The third-order valence-electron chi connectivity index (χ3n) is 2.37. The van der Waals surface area contributed by atoms with Crippen molar-refractivity contribution in [2.45, 2.75) is 13.3 Å². The number of hydrogen-bond acceptors (Lipinski definition) is 2. The molecule has 1 amide bonds. The lowest BCUT2D eigenvalue weighted by Gasteiger charge is -2.08. The molecule has 0 fully saturated rings. The van der Waals surface area contributed by atoms with Gasteiger partial charge >= 0.3 is 0 Å². The van der Waals surface area contributed by atoms with E-state index in [1.807, 2.05) is 25.1 Å². The lowest BCUT2D eigenvalue weighted by Crippen LogP contribution is -2.25. The SMILES string of the molecule is CCc1cccc2c1C(=O)NCCO2. The summed E-state index contributed by atoms with van der Waals surface area (Å²) < 4.78 is 5.48. The maximum Gasteiger partial charge on any atom is 0.255 e. The van der Waals surface area contributed by atoms with Gasteiger partial charge in [0.15, 0.2) is 0 Å². The molecule has 0 aliphatic carbocycles. The number of amides is 1. The zero-order valence-electron chi connectivity index (χ0n) is 8.17. The van der Waals surface area contributed by atoms with E-state index in [0.717, 1.165) is 12.0 Å². The standard InChI is InChI=1S/C11H13NO2/c1-2-8-4-3-5-9-10(8)11(13)12-6-7-14-9/h3-5H,2,6-7H2,1H3,(H,12,13). The Labute approximate surface area is 83.1 Å². The molecular formula is C11H13NO2. The molecule has 1 aromatic rings. The lowest BCUT2D eigenvalue weighted by atomic mass is 10.0. The van der Waals surface area contributed by atoms with Gasteiger partial charge in [0.05, 0.1) is 12.1 Å². The summed E-state index contributed by atoms with van der Waals surface area (Å²) in [6.45, 7) is 3.16. The Kier molecular flexibility index (Phi) is 2.39. The second-order valence-corrected chi connectivity index (χ2v) is 3.25. The highest BCUT2D eigenvalue weighted by Gasteiger charge is 2.18. The summed E-state index contributed by atoms with van der Waals surface area (Å²) in [5.74, 6) is 0.689. The number of nitrogens with one attached hydrogen (secondary N) is 1. The number of rotatable bonds is 1. The molecule has 1 heterocycles. The monoisotopic (exact) mass is 191 g/mol. The number of carbonyl (C=O) groups is 1. The number of hydrogen-bond donors (Lipinski definition) is 1. The van der Waals surface area contributed by atoms with Crippen molar-refractivity contribution in [3.63, 3.8) is 0 Å². The number of carbonyl (C=O) groups excluding carboxylic acids is 1. The average Bonchev–Trinajstić information content (AvgIpc) is 2.40. The van der Waals surface area contributed by atoms with Crippen LogP contribution in [-0.2, 0) is 6.42 Å². The van der Waals surface area contributed by atoms with E-state index in [1.165, 1.54) is 0 Å². The Bertz CT molecular complexity index is 360. The van der Waals surface area contributed by atoms with Crippen LogP contribution >= 0.6 is 0 Å². The van der Waals surface area contributed by atoms with Crippen LogP contribution in [-0.4, -0.2) is 19.1 Å². The lowest BCUT2D eigenvalue weighted by molar-refractivity contribution is 0.0956. The highest BCUT2D eigenvalue weighted by Crippen LogP contribution is 2.24. The number of benzene rings is 1. The van der Waals surface area contributed by atoms with Gasteiger partial charge in [0.2, 0.25) is 0 Å². The van der Waals surface area contributed by atoms with Gasteiger partial charge in [-0.15, -0.1) is 0 Å². The molecule has 0 unspecified atom stereocenters. The van der Waals surface area contributed by atoms with Crippen molar-refractivity contribution in [3.05, 3.63) is 29.3 Å². The fourth-order valence-electron chi connectivity index (χ4n) is 1.66. The highest BCUT2D eigenvalue weighted by atomic mass is 16.5. The maximum atomic E-state index is 11.7. The molecule has 0 saturated carbocycles. The van der Waals surface area contributed by atoms with Gasteiger partial charge in [0.1, 0.15) is 12.4 Å². The van der Waals surface area contributed by atoms with Crippen molar-refractivity contribution < 1.29 is 9.53 Å². The van der Waals surface area contributed by atoms with Gasteiger partial charge in [-0.05, 0) is 18.1 Å². The molecule has 74 valence electrons. The molecule has 2 rings (SSSR count). The molecule has 0 radical (unpaired) electrons. The molecule has 0 aromatic heterocycles. The summed E-state index contributed by atoms with van der Waals surface area (Å²) in [5, 5.41) is 2.81. The van der Waals surface area contributed by atoms with Crippen LogP contribution in [0.15, 0.2) is 18.2 Å². The van der Waals surface area contributed by atoms with Crippen molar-refractivity contribution in [1.29, 1.82) is 0 Å². The van der Waals surface area contributed by atoms with Crippen LogP contribution in [0.5, 0.6) is 5.75 Å². The van der Waals surface area contributed by atoms with E-state index in [4.69, 9.17) is 4.74 Å². The van der Waals surface area contributed by atoms with Crippen LogP contribution in [0.1, 0.15) is 22.8 Å². The summed E-state index contributed by atoms with van der Waals surface area (Å²) in [5.41, 5.74) is 1.74. The molecule has 0 saturated heterocycles.